The van der Waals surface area contributed by atoms with Crippen molar-refractivity contribution in [3.8, 4) is 0 Å². The maximum absolute atomic E-state index is 12.8. The summed E-state index contributed by atoms with van der Waals surface area (Å²) in [5.41, 5.74) is 4.98. The van der Waals surface area contributed by atoms with E-state index in [0.717, 1.165) is 43.2 Å². The Bertz CT molecular complexity index is 983. The highest BCUT2D eigenvalue weighted by atomic mass is 16.1. The van der Waals surface area contributed by atoms with Crippen LogP contribution >= 0.6 is 0 Å². The fourth-order valence-corrected chi connectivity index (χ4v) is 3.54. The number of benzene rings is 1. The van der Waals surface area contributed by atoms with Crippen molar-refractivity contribution < 1.29 is 4.79 Å². The zero-order valence-electron chi connectivity index (χ0n) is 16.2. The highest BCUT2D eigenvalue weighted by molar-refractivity contribution is 6.04. The van der Waals surface area contributed by atoms with Gasteiger partial charge in [0, 0.05) is 43.6 Å². The molecule has 1 aliphatic rings. The summed E-state index contributed by atoms with van der Waals surface area (Å²) < 4.78 is 2.13. The van der Waals surface area contributed by atoms with Gasteiger partial charge in [0.1, 0.15) is 5.82 Å². The van der Waals surface area contributed by atoms with E-state index in [1.807, 2.05) is 36.5 Å². The minimum atomic E-state index is -0.0850. The van der Waals surface area contributed by atoms with E-state index in [4.69, 9.17) is 0 Å². The van der Waals surface area contributed by atoms with Crippen LogP contribution in [0.4, 0.5) is 11.5 Å². The Labute approximate surface area is 160 Å². The summed E-state index contributed by atoms with van der Waals surface area (Å²) in [5, 5.41) is 3.02. The van der Waals surface area contributed by atoms with E-state index in [1.54, 1.807) is 0 Å². The summed E-state index contributed by atoms with van der Waals surface area (Å²) in [6.07, 6.45) is 1.94. The van der Waals surface area contributed by atoms with Crippen molar-refractivity contribution in [2.24, 2.45) is 0 Å². The Kier molecular flexibility index (Phi) is 4.62. The molecule has 1 aromatic carbocycles. The highest BCUT2D eigenvalue weighted by Gasteiger charge is 2.17. The number of aryl methyl sites for hydroxylation is 2. The maximum Gasteiger partial charge on any atom is 0.257 e. The van der Waals surface area contributed by atoms with Crippen LogP contribution in [0.1, 0.15) is 21.5 Å². The van der Waals surface area contributed by atoms with Crippen molar-refractivity contribution in [2.45, 2.75) is 13.8 Å². The van der Waals surface area contributed by atoms with Gasteiger partial charge in [-0.05, 0) is 68.4 Å². The van der Waals surface area contributed by atoms with Crippen molar-refractivity contribution in [2.75, 3.05) is 43.4 Å². The first-order valence-electron chi connectivity index (χ1n) is 9.44. The van der Waals surface area contributed by atoms with E-state index in [0.29, 0.717) is 5.56 Å². The largest absolute Gasteiger partial charge is 0.355 e. The molecule has 0 unspecified atom stereocenters. The lowest BCUT2D eigenvalue weighted by Crippen LogP contribution is -2.44. The third-order valence-corrected chi connectivity index (χ3v) is 5.48. The molecule has 27 heavy (non-hydrogen) atoms. The van der Waals surface area contributed by atoms with E-state index in [9.17, 15) is 4.79 Å². The van der Waals surface area contributed by atoms with Gasteiger partial charge in [0.2, 0.25) is 0 Å². The first-order chi connectivity index (χ1) is 13.0. The van der Waals surface area contributed by atoms with Crippen LogP contribution in [0.5, 0.6) is 0 Å². The summed E-state index contributed by atoms with van der Waals surface area (Å²) in [5.74, 6) is 1.07. The number of likely N-dealkylation sites (N-methyl/N-ethyl adjacent to an activating group) is 1. The predicted octanol–water partition coefficient (Wildman–Crippen LogP) is 3.56. The zero-order valence-corrected chi connectivity index (χ0v) is 16.2. The molecule has 3 aromatic rings. The molecule has 0 atom stereocenters. The molecular weight excluding hydrogens is 336 g/mol. The highest BCUT2D eigenvalue weighted by Crippen LogP contribution is 2.22. The molecule has 1 fully saturated rings. The van der Waals surface area contributed by atoms with Crippen LogP contribution in [0.2, 0.25) is 0 Å². The molecule has 1 saturated heterocycles. The number of aromatic nitrogens is 1. The van der Waals surface area contributed by atoms with Gasteiger partial charge in [-0.25, -0.2) is 0 Å². The number of carbonyl (C=O) groups is 1. The number of rotatable bonds is 3. The summed E-state index contributed by atoms with van der Waals surface area (Å²) >= 11 is 0. The molecule has 1 N–H and O–H groups in total. The SMILES string of the molecule is Cc1ccc(NC(=O)c2ccc3ccc(N4CCN(C)CC4)n3c2)cc1C. The van der Waals surface area contributed by atoms with Gasteiger partial charge in [-0.15, -0.1) is 0 Å². The lowest BCUT2D eigenvalue weighted by atomic mass is 10.1. The Morgan fingerprint density at radius 2 is 1.67 bits per heavy atom. The van der Waals surface area contributed by atoms with Crippen molar-refractivity contribution in [1.29, 1.82) is 0 Å². The standard InChI is InChI=1S/C22H26N4O/c1-16-4-6-19(14-17(16)2)23-22(27)18-5-7-20-8-9-21(26(20)15-18)25-12-10-24(3)11-13-25/h4-9,14-15H,10-13H2,1-3H3,(H,23,27). The Hall–Kier alpha value is -2.79. The fraction of sp³-hybridized carbons (Fsp3) is 0.318. The molecular formula is C22H26N4O. The third-order valence-electron chi connectivity index (χ3n) is 5.48. The van der Waals surface area contributed by atoms with Gasteiger partial charge in [-0.1, -0.05) is 6.07 Å². The van der Waals surface area contributed by atoms with Crippen molar-refractivity contribution >= 4 is 22.9 Å². The third kappa shape index (κ3) is 3.55. The second-order valence-corrected chi connectivity index (χ2v) is 7.45. The van der Waals surface area contributed by atoms with Gasteiger partial charge in [-0.3, -0.25) is 4.79 Å². The quantitative estimate of drug-likeness (QED) is 0.774. The average molecular weight is 362 g/mol. The smallest absolute Gasteiger partial charge is 0.257 e. The topological polar surface area (TPSA) is 40.0 Å². The van der Waals surface area contributed by atoms with Gasteiger partial charge >= 0.3 is 0 Å². The van der Waals surface area contributed by atoms with Gasteiger partial charge < -0.3 is 19.5 Å². The molecule has 0 bridgehead atoms. The van der Waals surface area contributed by atoms with Gasteiger partial charge in [-0.2, -0.15) is 0 Å². The van der Waals surface area contributed by atoms with Gasteiger partial charge in [0.25, 0.3) is 5.91 Å². The molecule has 0 aliphatic carbocycles. The molecule has 1 aliphatic heterocycles. The van der Waals surface area contributed by atoms with Crippen molar-refractivity contribution in [3.05, 3.63) is 65.4 Å². The van der Waals surface area contributed by atoms with Crippen LogP contribution in [0, 0.1) is 13.8 Å². The number of piperazine rings is 1. The minimum absolute atomic E-state index is 0.0850. The van der Waals surface area contributed by atoms with E-state index < -0.39 is 0 Å². The van der Waals surface area contributed by atoms with Gasteiger partial charge in [0.15, 0.2) is 0 Å². The Morgan fingerprint density at radius 3 is 2.41 bits per heavy atom. The maximum atomic E-state index is 12.8. The lowest BCUT2D eigenvalue weighted by molar-refractivity contribution is 0.102. The van der Waals surface area contributed by atoms with Crippen LogP contribution < -0.4 is 10.2 Å². The normalized spacial score (nSPS) is 15.3. The van der Waals surface area contributed by atoms with Gasteiger partial charge in [0.05, 0.1) is 5.56 Å². The molecule has 0 spiro atoms. The monoisotopic (exact) mass is 362 g/mol. The molecule has 0 radical (unpaired) electrons. The van der Waals surface area contributed by atoms with Crippen molar-refractivity contribution in [1.82, 2.24) is 9.30 Å². The van der Waals surface area contributed by atoms with E-state index >= 15 is 0 Å². The lowest BCUT2D eigenvalue weighted by Gasteiger charge is -2.33. The fourth-order valence-electron chi connectivity index (χ4n) is 3.54. The predicted molar refractivity (Wildman–Crippen MR) is 111 cm³/mol. The average Bonchev–Trinajstić information content (AvgIpc) is 3.08. The second-order valence-electron chi connectivity index (χ2n) is 7.45. The van der Waals surface area contributed by atoms with Crippen LogP contribution in [0.25, 0.3) is 5.52 Å². The molecule has 1 amide bonds. The number of amides is 1. The number of carbonyl (C=O) groups excluding carboxylic acids is 1. The molecule has 140 valence electrons. The zero-order chi connectivity index (χ0) is 19.0. The molecule has 2 aromatic heterocycles. The molecule has 5 heteroatoms. The summed E-state index contributed by atoms with van der Waals surface area (Å²) in [7, 11) is 2.16. The minimum Gasteiger partial charge on any atom is -0.355 e. The van der Waals surface area contributed by atoms with Crippen molar-refractivity contribution in [3.63, 3.8) is 0 Å². The summed E-state index contributed by atoms with van der Waals surface area (Å²) in [6.45, 7) is 8.24. The second kappa shape index (κ2) is 7.08. The molecule has 4 rings (SSSR count). The van der Waals surface area contributed by atoms with E-state index in [-0.39, 0.29) is 5.91 Å². The molecule has 3 heterocycles. The van der Waals surface area contributed by atoms with Crippen LogP contribution in [0.3, 0.4) is 0 Å². The molecule has 5 nitrogen and oxygen atoms in total. The summed E-state index contributed by atoms with van der Waals surface area (Å²) in [4.78, 5) is 17.5. The van der Waals surface area contributed by atoms with E-state index in [1.165, 1.54) is 11.1 Å². The summed E-state index contributed by atoms with van der Waals surface area (Å²) in [6, 6.07) is 14.1. The number of anilines is 2. The first kappa shape index (κ1) is 17.6. The number of hydrogen-bond acceptors (Lipinski definition) is 3. The Balaban J connectivity index is 1.59. The molecule has 0 saturated carbocycles. The number of nitrogens with one attached hydrogen (secondary N) is 1. The number of hydrogen-bond donors (Lipinski definition) is 1. The van der Waals surface area contributed by atoms with Crippen LogP contribution in [0.15, 0.2) is 48.7 Å². The Morgan fingerprint density at radius 1 is 0.926 bits per heavy atom. The number of nitrogens with zero attached hydrogens (tertiary/aromatic N) is 3. The number of fused-ring (bicyclic) bond motifs is 1. The van der Waals surface area contributed by atoms with Crippen LogP contribution in [-0.4, -0.2) is 48.4 Å². The van der Waals surface area contributed by atoms with E-state index in [2.05, 4.69) is 52.5 Å². The van der Waals surface area contributed by atoms with Crippen LogP contribution in [-0.2, 0) is 0 Å². The number of pyridine rings is 1. The first-order valence-corrected chi connectivity index (χ1v) is 9.44.